The zero-order chi connectivity index (χ0) is 14.0. The van der Waals surface area contributed by atoms with E-state index in [4.69, 9.17) is 5.73 Å². The Balaban J connectivity index is 2.29. The van der Waals surface area contributed by atoms with E-state index in [0.717, 1.165) is 26.9 Å². The van der Waals surface area contributed by atoms with E-state index in [1.165, 1.54) is 11.3 Å². The molecule has 0 fully saturated rings. The van der Waals surface area contributed by atoms with Crippen LogP contribution in [0.1, 0.15) is 27.7 Å². The zero-order valence-electron chi connectivity index (χ0n) is 10.8. The Morgan fingerprint density at radius 1 is 1.47 bits per heavy atom. The van der Waals surface area contributed by atoms with Crippen molar-refractivity contribution in [1.29, 1.82) is 0 Å². The number of amides is 1. The summed E-state index contributed by atoms with van der Waals surface area (Å²) < 4.78 is 0.799. The molecule has 0 aliphatic heterocycles. The Morgan fingerprint density at radius 3 is 2.84 bits per heavy atom. The minimum atomic E-state index is -0.108. The van der Waals surface area contributed by atoms with Gasteiger partial charge in [0.2, 0.25) is 0 Å². The second-order valence-electron chi connectivity index (χ2n) is 4.29. The van der Waals surface area contributed by atoms with Crippen LogP contribution in [0.25, 0.3) is 0 Å². The molecule has 0 saturated heterocycles. The summed E-state index contributed by atoms with van der Waals surface area (Å²) in [6, 6.07) is 5.75. The average molecular weight is 339 g/mol. The summed E-state index contributed by atoms with van der Waals surface area (Å²) in [5.74, 6) is -0.108. The van der Waals surface area contributed by atoms with Gasteiger partial charge in [0.1, 0.15) is 0 Å². The van der Waals surface area contributed by atoms with Crippen LogP contribution in [0.15, 0.2) is 28.1 Å². The number of halogens is 1. The average Bonchev–Trinajstić information content (AvgIpc) is 2.81. The van der Waals surface area contributed by atoms with E-state index >= 15 is 0 Å². The first-order chi connectivity index (χ1) is 9.02. The number of nitrogens with one attached hydrogen (secondary N) is 1. The third-order valence-corrected chi connectivity index (χ3v) is 4.42. The Morgan fingerprint density at radius 2 is 2.21 bits per heavy atom. The molecule has 0 bridgehead atoms. The molecule has 0 radical (unpaired) electrons. The highest BCUT2D eigenvalue weighted by Crippen LogP contribution is 2.31. The molecule has 2 rings (SSSR count). The highest BCUT2D eigenvalue weighted by Gasteiger charge is 2.15. The third kappa shape index (κ3) is 2.98. The predicted octanol–water partition coefficient (Wildman–Crippen LogP) is 4.22. The second kappa shape index (κ2) is 5.75. The Kier molecular flexibility index (Phi) is 4.27. The second-order valence-corrected chi connectivity index (χ2v) is 6.06. The third-order valence-electron chi connectivity index (χ3n) is 2.84. The zero-order valence-corrected chi connectivity index (χ0v) is 13.2. The number of hydrogen-bond acceptors (Lipinski definition) is 3. The van der Waals surface area contributed by atoms with Crippen LogP contribution in [0.5, 0.6) is 0 Å². The van der Waals surface area contributed by atoms with Gasteiger partial charge in [0.05, 0.1) is 16.3 Å². The van der Waals surface area contributed by atoms with Crippen LogP contribution >= 0.6 is 27.3 Å². The van der Waals surface area contributed by atoms with E-state index in [1.807, 2.05) is 37.4 Å². The summed E-state index contributed by atoms with van der Waals surface area (Å²) in [5.41, 5.74) is 9.26. The number of anilines is 2. The Bertz CT molecular complexity index is 599. The lowest BCUT2D eigenvalue weighted by atomic mass is 10.1. The minimum absolute atomic E-state index is 0.108. The summed E-state index contributed by atoms with van der Waals surface area (Å²) in [6.45, 7) is 4.00. The smallest absolute Gasteiger partial charge is 0.266 e. The molecular formula is C14H15BrN2OS. The van der Waals surface area contributed by atoms with Crippen molar-refractivity contribution in [2.24, 2.45) is 0 Å². The number of aryl methyl sites for hydroxylation is 2. The van der Waals surface area contributed by atoms with Gasteiger partial charge in [-0.2, -0.15) is 0 Å². The number of carbonyl (C=O) groups excluding carboxylic acids is 1. The quantitative estimate of drug-likeness (QED) is 0.823. The van der Waals surface area contributed by atoms with Crippen molar-refractivity contribution < 1.29 is 4.79 Å². The SMILES string of the molecule is CCc1ccsc1C(=O)Nc1c(N)cc(C)cc1Br. The van der Waals surface area contributed by atoms with Gasteiger partial charge in [0, 0.05) is 4.47 Å². The summed E-state index contributed by atoms with van der Waals surface area (Å²) in [7, 11) is 0. The van der Waals surface area contributed by atoms with Crippen LogP contribution in [-0.4, -0.2) is 5.91 Å². The topological polar surface area (TPSA) is 55.1 Å². The van der Waals surface area contributed by atoms with E-state index < -0.39 is 0 Å². The molecule has 1 aromatic carbocycles. The van der Waals surface area contributed by atoms with Gasteiger partial charge < -0.3 is 11.1 Å². The number of benzene rings is 1. The van der Waals surface area contributed by atoms with Crippen molar-refractivity contribution in [1.82, 2.24) is 0 Å². The molecule has 1 aromatic heterocycles. The normalized spacial score (nSPS) is 10.5. The van der Waals surface area contributed by atoms with Crippen LogP contribution in [0, 0.1) is 6.92 Å². The van der Waals surface area contributed by atoms with Crippen molar-refractivity contribution in [3.05, 3.63) is 44.1 Å². The molecule has 0 spiro atoms. The molecule has 0 unspecified atom stereocenters. The molecule has 19 heavy (non-hydrogen) atoms. The molecule has 0 atom stereocenters. The molecule has 5 heteroatoms. The fourth-order valence-electron chi connectivity index (χ4n) is 1.88. The van der Waals surface area contributed by atoms with E-state index in [2.05, 4.69) is 21.2 Å². The molecule has 2 aromatic rings. The summed E-state index contributed by atoms with van der Waals surface area (Å²) in [5, 5.41) is 4.81. The van der Waals surface area contributed by atoms with Gasteiger partial charge in [-0.15, -0.1) is 11.3 Å². The summed E-state index contributed by atoms with van der Waals surface area (Å²) >= 11 is 4.88. The van der Waals surface area contributed by atoms with Gasteiger partial charge in [-0.3, -0.25) is 4.79 Å². The summed E-state index contributed by atoms with van der Waals surface area (Å²) in [4.78, 5) is 13.0. The number of nitrogen functional groups attached to an aromatic ring is 1. The lowest BCUT2D eigenvalue weighted by Crippen LogP contribution is -2.14. The maximum Gasteiger partial charge on any atom is 0.266 e. The number of hydrogen-bond donors (Lipinski definition) is 2. The predicted molar refractivity (Wildman–Crippen MR) is 84.9 cm³/mol. The molecule has 0 saturated carbocycles. The number of carbonyl (C=O) groups is 1. The Hall–Kier alpha value is -1.33. The highest BCUT2D eigenvalue weighted by atomic mass is 79.9. The summed E-state index contributed by atoms with van der Waals surface area (Å²) in [6.07, 6.45) is 0.844. The first-order valence-electron chi connectivity index (χ1n) is 5.96. The van der Waals surface area contributed by atoms with Crippen molar-refractivity contribution in [2.45, 2.75) is 20.3 Å². The van der Waals surface area contributed by atoms with Gasteiger partial charge in [-0.05, 0) is 64.0 Å². The highest BCUT2D eigenvalue weighted by molar-refractivity contribution is 9.10. The Labute approximate surface area is 125 Å². The van der Waals surface area contributed by atoms with E-state index in [9.17, 15) is 4.79 Å². The van der Waals surface area contributed by atoms with Crippen LogP contribution in [0.3, 0.4) is 0 Å². The number of nitrogens with two attached hydrogens (primary N) is 1. The maximum atomic E-state index is 12.3. The largest absolute Gasteiger partial charge is 0.397 e. The molecule has 3 N–H and O–H groups in total. The van der Waals surface area contributed by atoms with Crippen molar-refractivity contribution >= 4 is 44.5 Å². The van der Waals surface area contributed by atoms with E-state index in [0.29, 0.717) is 11.4 Å². The van der Waals surface area contributed by atoms with Crippen molar-refractivity contribution in [2.75, 3.05) is 11.1 Å². The fraction of sp³-hybridized carbons (Fsp3) is 0.214. The molecule has 3 nitrogen and oxygen atoms in total. The molecule has 100 valence electrons. The first-order valence-corrected chi connectivity index (χ1v) is 7.63. The standard InChI is InChI=1S/C14H15BrN2OS/c1-3-9-4-5-19-13(9)14(18)17-12-10(15)6-8(2)7-11(12)16/h4-7H,3,16H2,1-2H3,(H,17,18). The molecule has 0 aliphatic rings. The van der Waals surface area contributed by atoms with Gasteiger partial charge >= 0.3 is 0 Å². The molecular weight excluding hydrogens is 324 g/mol. The van der Waals surface area contributed by atoms with Crippen LogP contribution in [0.2, 0.25) is 0 Å². The van der Waals surface area contributed by atoms with Crippen molar-refractivity contribution in [3.8, 4) is 0 Å². The van der Waals surface area contributed by atoms with Crippen LogP contribution < -0.4 is 11.1 Å². The lowest BCUT2D eigenvalue weighted by molar-refractivity contribution is 0.103. The van der Waals surface area contributed by atoms with Gasteiger partial charge in [-0.25, -0.2) is 0 Å². The molecule has 1 amide bonds. The molecule has 0 aliphatic carbocycles. The van der Waals surface area contributed by atoms with E-state index in [-0.39, 0.29) is 5.91 Å². The van der Waals surface area contributed by atoms with Crippen LogP contribution in [0.4, 0.5) is 11.4 Å². The number of thiophene rings is 1. The molecule has 1 heterocycles. The van der Waals surface area contributed by atoms with Crippen molar-refractivity contribution in [3.63, 3.8) is 0 Å². The van der Waals surface area contributed by atoms with E-state index in [1.54, 1.807) is 0 Å². The number of rotatable bonds is 3. The van der Waals surface area contributed by atoms with Gasteiger partial charge in [-0.1, -0.05) is 6.92 Å². The first kappa shape index (κ1) is 14.1. The van der Waals surface area contributed by atoms with Crippen LogP contribution in [-0.2, 0) is 6.42 Å². The minimum Gasteiger partial charge on any atom is -0.397 e. The maximum absolute atomic E-state index is 12.3. The van der Waals surface area contributed by atoms with Gasteiger partial charge in [0.15, 0.2) is 0 Å². The monoisotopic (exact) mass is 338 g/mol. The lowest BCUT2D eigenvalue weighted by Gasteiger charge is -2.11. The van der Waals surface area contributed by atoms with Gasteiger partial charge in [0.25, 0.3) is 5.91 Å². The fourth-order valence-corrected chi connectivity index (χ4v) is 3.46.